The molecule has 0 aliphatic rings. The minimum atomic E-state index is -2.97. The molecule has 1 aromatic carbocycles. The van der Waals surface area contributed by atoms with E-state index in [-0.39, 0.29) is 17.1 Å². The summed E-state index contributed by atoms with van der Waals surface area (Å²) in [5.41, 5.74) is 0.400. The molecule has 0 saturated carbocycles. The maximum atomic E-state index is 13.6. The van der Waals surface area contributed by atoms with Crippen molar-refractivity contribution in [2.45, 2.75) is 13.5 Å². The number of alkyl halides is 2. The van der Waals surface area contributed by atoms with Crippen LogP contribution in [-0.4, -0.2) is 17.5 Å². The zero-order valence-electron chi connectivity index (χ0n) is 10.9. The van der Waals surface area contributed by atoms with Crippen LogP contribution in [0.25, 0.3) is 0 Å². The Labute approximate surface area is 118 Å². The molecule has 0 aliphatic heterocycles. The van der Waals surface area contributed by atoms with Gasteiger partial charge >= 0.3 is 6.61 Å². The van der Waals surface area contributed by atoms with Gasteiger partial charge in [-0.2, -0.15) is 8.78 Å². The molecule has 21 heavy (non-hydrogen) atoms. The number of hydrogen-bond donors (Lipinski definition) is 1. The van der Waals surface area contributed by atoms with Crippen molar-refractivity contribution in [1.29, 1.82) is 0 Å². The van der Waals surface area contributed by atoms with Gasteiger partial charge in [-0.3, -0.25) is 4.79 Å². The fourth-order valence-corrected chi connectivity index (χ4v) is 1.64. The predicted octanol–water partition coefficient (Wildman–Crippen LogP) is 3.38. The SMILES string of the molecule is Cc1cnc(C(=O)Nc2cccc(OC(F)F)c2)c(F)c1. The van der Waals surface area contributed by atoms with Gasteiger partial charge in [-0.25, -0.2) is 9.37 Å². The Balaban J connectivity index is 2.15. The van der Waals surface area contributed by atoms with Crippen LogP contribution in [0.5, 0.6) is 5.75 Å². The lowest BCUT2D eigenvalue weighted by Gasteiger charge is -2.08. The van der Waals surface area contributed by atoms with E-state index in [1.807, 2.05) is 0 Å². The van der Waals surface area contributed by atoms with Crippen LogP contribution in [-0.2, 0) is 0 Å². The van der Waals surface area contributed by atoms with Crippen LogP contribution in [0.1, 0.15) is 16.1 Å². The summed E-state index contributed by atoms with van der Waals surface area (Å²) in [7, 11) is 0. The van der Waals surface area contributed by atoms with Gasteiger partial charge in [0.05, 0.1) is 0 Å². The second-order valence-electron chi connectivity index (χ2n) is 4.20. The van der Waals surface area contributed by atoms with Gasteiger partial charge in [-0.1, -0.05) is 6.07 Å². The molecular formula is C14H11F3N2O2. The number of carbonyl (C=O) groups is 1. The lowest BCUT2D eigenvalue weighted by molar-refractivity contribution is -0.0497. The van der Waals surface area contributed by atoms with Crippen LogP contribution < -0.4 is 10.1 Å². The first-order chi connectivity index (χ1) is 9.95. The molecule has 1 heterocycles. The molecule has 1 N–H and O–H groups in total. The largest absolute Gasteiger partial charge is 0.435 e. The Kier molecular flexibility index (Phi) is 4.42. The molecule has 2 aromatic rings. The van der Waals surface area contributed by atoms with E-state index in [1.165, 1.54) is 36.5 Å². The van der Waals surface area contributed by atoms with Crippen molar-refractivity contribution in [3.63, 3.8) is 0 Å². The molecular weight excluding hydrogens is 285 g/mol. The number of rotatable bonds is 4. The number of carbonyl (C=O) groups excluding carboxylic acids is 1. The number of nitrogens with one attached hydrogen (secondary N) is 1. The van der Waals surface area contributed by atoms with Crippen molar-refractivity contribution in [3.05, 3.63) is 53.6 Å². The van der Waals surface area contributed by atoms with Gasteiger partial charge in [0.15, 0.2) is 11.5 Å². The van der Waals surface area contributed by atoms with Crippen LogP contribution in [0.15, 0.2) is 36.5 Å². The van der Waals surface area contributed by atoms with Gasteiger partial charge < -0.3 is 10.1 Å². The molecule has 1 aromatic heterocycles. The van der Waals surface area contributed by atoms with Crippen molar-refractivity contribution in [1.82, 2.24) is 4.98 Å². The molecule has 0 atom stereocenters. The monoisotopic (exact) mass is 296 g/mol. The van der Waals surface area contributed by atoms with Gasteiger partial charge in [0.2, 0.25) is 0 Å². The summed E-state index contributed by atoms with van der Waals surface area (Å²) in [5.74, 6) is -1.64. The number of amides is 1. The molecule has 0 fully saturated rings. The number of anilines is 1. The third kappa shape index (κ3) is 3.95. The highest BCUT2D eigenvalue weighted by atomic mass is 19.3. The van der Waals surface area contributed by atoms with E-state index in [2.05, 4.69) is 15.0 Å². The Hall–Kier alpha value is -2.57. The van der Waals surface area contributed by atoms with E-state index in [4.69, 9.17) is 0 Å². The number of benzene rings is 1. The fourth-order valence-electron chi connectivity index (χ4n) is 1.64. The average molecular weight is 296 g/mol. The zero-order valence-corrected chi connectivity index (χ0v) is 10.9. The molecule has 0 radical (unpaired) electrons. The number of hydrogen-bond acceptors (Lipinski definition) is 3. The van der Waals surface area contributed by atoms with Crippen LogP contribution in [0, 0.1) is 12.7 Å². The third-order valence-electron chi connectivity index (χ3n) is 2.51. The second-order valence-corrected chi connectivity index (χ2v) is 4.20. The van der Waals surface area contributed by atoms with Crippen molar-refractivity contribution in [2.75, 3.05) is 5.32 Å². The first-order valence-corrected chi connectivity index (χ1v) is 5.94. The Morgan fingerprint density at radius 1 is 1.33 bits per heavy atom. The highest BCUT2D eigenvalue weighted by Crippen LogP contribution is 2.20. The maximum Gasteiger partial charge on any atom is 0.387 e. The predicted molar refractivity (Wildman–Crippen MR) is 70.0 cm³/mol. The summed E-state index contributed by atoms with van der Waals surface area (Å²) >= 11 is 0. The Morgan fingerprint density at radius 3 is 2.76 bits per heavy atom. The van der Waals surface area contributed by atoms with Crippen molar-refractivity contribution in [3.8, 4) is 5.75 Å². The zero-order chi connectivity index (χ0) is 15.4. The summed E-state index contributed by atoms with van der Waals surface area (Å²) in [6.45, 7) is -1.32. The summed E-state index contributed by atoms with van der Waals surface area (Å²) < 4.78 is 42.0. The molecule has 110 valence electrons. The molecule has 0 spiro atoms. The Morgan fingerprint density at radius 2 is 2.10 bits per heavy atom. The van der Waals surface area contributed by atoms with E-state index >= 15 is 0 Å². The number of nitrogens with zero attached hydrogens (tertiary/aromatic N) is 1. The van der Waals surface area contributed by atoms with Gasteiger partial charge in [0.1, 0.15) is 5.75 Å². The van der Waals surface area contributed by atoms with E-state index in [0.29, 0.717) is 5.56 Å². The van der Waals surface area contributed by atoms with Crippen LogP contribution in [0.4, 0.5) is 18.9 Å². The lowest BCUT2D eigenvalue weighted by Crippen LogP contribution is -2.16. The van der Waals surface area contributed by atoms with E-state index in [0.717, 1.165) is 0 Å². The second kappa shape index (κ2) is 6.25. The molecule has 1 amide bonds. The number of aromatic nitrogens is 1. The van der Waals surface area contributed by atoms with Crippen LogP contribution >= 0.6 is 0 Å². The van der Waals surface area contributed by atoms with Gasteiger partial charge in [-0.15, -0.1) is 0 Å². The Bertz CT molecular complexity index is 662. The van der Waals surface area contributed by atoms with Gasteiger partial charge in [0.25, 0.3) is 5.91 Å². The normalized spacial score (nSPS) is 10.5. The average Bonchev–Trinajstić information content (AvgIpc) is 2.37. The summed E-state index contributed by atoms with van der Waals surface area (Å²) in [6, 6.07) is 6.58. The van der Waals surface area contributed by atoms with Crippen LogP contribution in [0.3, 0.4) is 0 Å². The summed E-state index contributed by atoms with van der Waals surface area (Å²) in [4.78, 5) is 15.6. The topological polar surface area (TPSA) is 51.2 Å². The summed E-state index contributed by atoms with van der Waals surface area (Å²) in [6.07, 6.45) is 1.36. The van der Waals surface area contributed by atoms with Crippen molar-refractivity contribution in [2.24, 2.45) is 0 Å². The molecule has 0 aliphatic carbocycles. The maximum absolute atomic E-state index is 13.6. The van der Waals surface area contributed by atoms with E-state index < -0.39 is 18.3 Å². The molecule has 0 saturated heterocycles. The first-order valence-electron chi connectivity index (χ1n) is 5.94. The van der Waals surface area contributed by atoms with Crippen LogP contribution in [0.2, 0.25) is 0 Å². The molecule has 4 nitrogen and oxygen atoms in total. The fraction of sp³-hybridized carbons (Fsp3) is 0.143. The number of pyridine rings is 1. The third-order valence-corrected chi connectivity index (χ3v) is 2.51. The first kappa shape index (κ1) is 14.8. The van der Waals surface area contributed by atoms with Gasteiger partial charge in [-0.05, 0) is 30.7 Å². The standard InChI is InChI=1S/C14H11F3N2O2/c1-8-5-11(15)12(18-7-8)13(20)19-9-3-2-4-10(6-9)21-14(16)17/h2-7,14H,1H3,(H,19,20). The lowest BCUT2D eigenvalue weighted by atomic mass is 10.2. The highest BCUT2D eigenvalue weighted by Gasteiger charge is 2.14. The smallest absolute Gasteiger partial charge is 0.387 e. The minimum Gasteiger partial charge on any atom is -0.435 e. The number of halogens is 3. The quantitative estimate of drug-likeness (QED) is 0.941. The number of ether oxygens (including phenoxy) is 1. The molecule has 2 rings (SSSR count). The minimum absolute atomic E-state index is 0.111. The molecule has 0 unspecified atom stereocenters. The van der Waals surface area contributed by atoms with E-state index in [1.54, 1.807) is 6.92 Å². The van der Waals surface area contributed by atoms with Crippen molar-refractivity contribution < 1.29 is 22.7 Å². The summed E-state index contributed by atoms with van der Waals surface area (Å²) in [5, 5.41) is 2.37. The van der Waals surface area contributed by atoms with E-state index in [9.17, 15) is 18.0 Å². The highest BCUT2D eigenvalue weighted by molar-refractivity contribution is 6.03. The van der Waals surface area contributed by atoms with Gasteiger partial charge in [0, 0.05) is 18.0 Å². The molecule has 0 bridgehead atoms. The molecule has 7 heteroatoms. The number of aryl methyl sites for hydroxylation is 1. The van der Waals surface area contributed by atoms with Crippen molar-refractivity contribution >= 4 is 11.6 Å².